The monoisotopic (exact) mass is 554 g/mol. The Labute approximate surface area is 239 Å². The molecule has 5 rings (SSSR count). The third-order valence-corrected chi connectivity index (χ3v) is 6.82. The molecule has 41 heavy (non-hydrogen) atoms. The molecule has 0 aliphatic carbocycles. The van der Waals surface area contributed by atoms with E-state index in [4.69, 9.17) is 19.1 Å². The first-order chi connectivity index (χ1) is 20.0. The summed E-state index contributed by atoms with van der Waals surface area (Å²) in [6, 6.07) is 17.7. The van der Waals surface area contributed by atoms with E-state index in [-0.39, 0.29) is 18.8 Å². The first kappa shape index (κ1) is 28.3. The third-order valence-electron chi connectivity index (χ3n) is 6.82. The average molecular weight is 555 g/mol. The first-order valence-electron chi connectivity index (χ1n) is 13.9. The van der Waals surface area contributed by atoms with E-state index in [9.17, 15) is 4.79 Å². The van der Waals surface area contributed by atoms with Crippen molar-refractivity contribution in [1.29, 1.82) is 0 Å². The van der Waals surface area contributed by atoms with E-state index in [1.165, 1.54) is 0 Å². The van der Waals surface area contributed by atoms with Crippen LogP contribution in [-0.2, 0) is 27.4 Å². The third kappa shape index (κ3) is 8.14. The molecule has 0 spiro atoms. The van der Waals surface area contributed by atoms with Crippen molar-refractivity contribution >= 4 is 5.97 Å². The minimum Gasteiger partial charge on any atom is -0.481 e. The van der Waals surface area contributed by atoms with Gasteiger partial charge in [-0.3, -0.25) is 4.79 Å². The number of nitrogens with zero attached hydrogens (tertiary/aromatic N) is 3. The highest BCUT2D eigenvalue weighted by Gasteiger charge is 2.21. The number of imidazole rings is 1. The van der Waals surface area contributed by atoms with Gasteiger partial charge in [0.05, 0.1) is 13.0 Å². The molecule has 2 aromatic carbocycles. The van der Waals surface area contributed by atoms with Gasteiger partial charge in [-0.05, 0) is 68.1 Å². The van der Waals surface area contributed by atoms with E-state index < -0.39 is 5.97 Å². The number of hydrogen-bond donors (Lipinski definition) is 2. The molecule has 2 aromatic heterocycles. The second-order valence-corrected chi connectivity index (χ2v) is 10.0. The van der Waals surface area contributed by atoms with Crippen molar-refractivity contribution < 1.29 is 23.9 Å². The molecule has 2 unspecified atom stereocenters. The second-order valence-electron chi connectivity index (χ2n) is 10.0. The maximum absolute atomic E-state index is 10.6. The molecule has 1 saturated heterocycles. The van der Waals surface area contributed by atoms with Crippen LogP contribution in [-0.4, -0.2) is 45.2 Å². The molecular formula is C32H34N4O5. The quantitative estimate of drug-likeness (QED) is 0.193. The minimum atomic E-state index is -0.803. The smallest absolute Gasteiger partial charge is 0.304 e. The summed E-state index contributed by atoms with van der Waals surface area (Å²) in [5, 5.41) is 16.1. The summed E-state index contributed by atoms with van der Waals surface area (Å²) in [6.07, 6.45) is 6.54. The van der Waals surface area contributed by atoms with Crippen LogP contribution in [0.1, 0.15) is 66.9 Å². The van der Waals surface area contributed by atoms with E-state index >= 15 is 0 Å². The van der Waals surface area contributed by atoms with Crippen molar-refractivity contribution in [3.8, 4) is 23.2 Å². The van der Waals surface area contributed by atoms with Gasteiger partial charge in [0.15, 0.2) is 12.1 Å². The van der Waals surface area contributed by atoms with Crippen LogP contribution in [0.3, 0.4) is 0 Å². The van der Waals surface area contributed by atoms with Crippen molar-refractivity contribution in [1.82, 2.24) is 20.0 Å². The van der Waals surface area contributed by atoms with Gasteiger partial charge >= 0.3 is 5.97 Å². The van der Waals surface area contributed by atoms with Crippen LogP contribution in [0.25, 0.3) is 11.3 Å². The zero-order chi connectivity index (χ0) is 28.4. The predicted octanol–water partition coefficient (Wildman–Crippen LogP) is 5.15. The molecule has 4 aromatic rings. The zero-order valence-corrected chi connectivity index (χ0v) is 23.1. The van der Waals surface area contributed by atoms with Gasteiger partial charge in [-0.25, -0.2) is 4.98 Å². The number of carboxylic acids is 1. The molecule has 0 bridgehead atoms. The van der Waals surface area contributed by atoms with Crippen molar-refractivity contribution in [3.05, 3.63) is 95.2 Å². The molecule has 1 aliphatic heterocycles. The van der Waals surface area contributed by atoms with Gasteiger partial charge in [-0.2, -0.15) is 0 Å². The SMILES string of the molecule is CC(OC1CCCCO1)c1nccn1Cc1cc(-c2ccc(C#Cc3ccc(CNCCC(=O)O)cc3)cc2)on1. The fourth-order valence-electron chi connectivity index (χ4n) is 4.61. The number of aromatic nitrogens is 3. The van der Waals surface area contributed by atoms with Crippen molar-refractivity contribution in [3.63, 3.8) is 0 Å². The number of nitrogens with one attached hydrogen (secondary N) is 1. The van der Waals surface area contributed by atoms with E-state index in [0.717, 1.165) is 59.6 Å². The lowest BCUT2D eigenvalue weighted by atomic mass is 10.1. The average Bonchev–Trinajstić information content (AvgIpc) is 3.66. The molecule has 2 atom stereocenters. The van der Waals surface area contributed by atoms with Gasteiger partial charge in [0.1, 0.15) is 17.6 Å². The molecule has 9 nitrogen and oxygen atoms in total. The van der Waals surface area contributed by atoms with Gasteiger partial charge in [-0.1, -0.05) is 29.1 Å². The molecule has 0 amide bonds. The largest absolute Gasteiger partial charge is 0.481 e. The van der Waals surface area contributed by atoms with E-state index in [1.807, 2.05) is 72.3 Å². The minimum absolute atomic E-state index is 0.109. The molecule has 0 radical (unpaired) electrons. The molecule has 1 aliphatic rings. The lowest BCUT2D eigenvalue weighted by molar-refractivity contribution is -0.188. The highest BCUT2D eigenvalue weighted by Crippen LogP contribution is 2.25. The Balaban J connectivity index is 1.15. The topological polar surface area (TPSA) is 112 Å². The van der Waals surface area contributed by atoms with Gasteiger partial charge < -0.3 is 29.0 Å². The molecule has 9 heteroatoms. The van der Waals surface area contributed by atoms with E-state index in [1.54, 1.807) is 6.20 Å². The number of hydrogen-bond acceptors (Lipinski definition) is 7. The molecule has 3 heterocycles. The second kappa shape index (κ2) is 13.9. The van der Waals surface area contributed by atoms with Gasteiger partial charge in [0, 0.05) is 54.8 Å². The molecule has 212 valence electrons. The Bertz CT molecular complexity index is 1470. The van der Waals surface area contributed by atoms with Gasteiger partial charge in [-0.15, -0.1) is 0 Å². The van der Waals surface area contributed by atoms with Crippen LogP contribution >= 0.6 is 0 Å². The van der Waals surface area contributed by atoms with Crippen molar-refractivity contribution in [2.24, 2.45) is 0 Å². The van der Waals surface area contributed by atoms with Crippen LogP contribution < -0.4 is 5.32 Å². The van der Waals surface area contributed by atoms with Crippen LogP contribution in [0.5, 0.6) is 0 Å². The Morgan fingerprint density at radius 2 is 1.90 bits per heavy atom. The van der Waals surface area contributed by atoms with Crippen LogP contribution in [0.15, 0.2) is 71.5 Å². The predicted molar refractivity (Wildman–Crippen MR) is 153 cm³/mol. The maximum Gasteiger partial charge on any atom is 0.304 e. The Morgan fingerprint density at radius 1 is 1.15 bits per heavy atom. The fourth-order valence-corrected chi connectivity index (χ4v) is 4.61. The summed E-state index contributed by atoms with van der Waals surface area (Å²) < 4.78 is 19.5. The standard InChI is InChI=1S/C32H34N4O5/c1-23(40-31-4-2-3-19-39-31)32-34-17-18-36(32)22-28-20-29(41-35-28)27-13-11-25(12-14-27)6-5-24-7-9-26(10-8-24)21-33-16-15-30(37)38/h7-14,17-18,20,23,31,33H,2-4,15-16,19,21-22H2,1H3,(H,37,38). The molecule has 1 fully saturated rings. The number of ether oxygens (including phenoxy) is 2. The van der Waals surface area contributed by atoms with Gasteiger partial charge in [0.25, 0.3) is 0 Å². The molecule has 0 saturated carbocycles. The van der Waals surface area contributed by atoms with Gasteiger partial charge in [0.2, 0.25) is 0 Å². The highest BCUT2D eigenvalue weighted by atomic mass is 16.7. The lowest BCUT2D eigenvalue weighted by Gasteiger charge is -2.26. The highest BCUT2D eigenvalue weighted by molar-refractivity contribution is 5.66. The lowest BCUT2D eigenvalue weighted by Crippen LogP contribution is -2.24. The van der Waals surface area contributed by atoms with E-state index in [2.05, 4.69) is 27.3 Å². The Morgan fingerprint density at radius 3 is 2.61 bits per heavy atom. The van der Waals surface area contributed by atoms with Crippen LogP contribution in [0.2, 0.25) is 0 Å². The zero-order valence-electron chi connectivity index (χ0n) is 23.1. The summed E-state index contributed by atoms with van der Waals surface area (Å²) in [4.78, 5) is 15.1. The number of rotatable bonds is 11. The number of aliphatic carboxylic acids is 1. The van der Waals surface area contributed by atoms with E-state index in [0.29, 0.717) is 25.4 Å². The summed E-state index contributed by atoms with van der Waals surface area (Å²) in [7, 11) is 0. The normalized spacial score (nSPS) is 15.7. The number of carboxylic acid groups (broad SMARTS) is 1. The summed E-state index contributed by atoms with van der Waals surface area (Å²) in [5.74, 6) is 7.10. The molecule has 2 N–H and O–H groups in total. The Kier molecular flexibility index (Phi) is 9.60. The first-order valence-corrected chi connectivity index (χ1v) is 13.9. The van der Waals surface area contributed by atoms with Crippen LogP contribution in [0.4, 0.5) is 0 Å². The number of carbonyl (C=O) groups is 1. The molecular weight excluding hydrogens is 520 g/mol. The Hall–Kier alpha value is -4.23. The fraction of sp³-hybridized carbons (Fsp3) is 0.344. The van der Waals surface area contributed by atoms with Crippen LogP contribution in [0, 0.1) is 11.8 Å². The number of benzene rings is 2. The van der Waals surface area contributed by atoms with Crippen molar-refractivity contribution in [2.45, 2.75) is 58.1 Å². The maximum atomic E-state index is 10.6. The van der Waals surface area contributed by atoms with Crippen molar-refractivity contribution in [2.75, 3.05) is 13.2 Å². The summed E-state index contributed by atoms with van der Waals surface area (Å²) in [6.45, 7) is 4.33. The summed E-state index contributed by atoms with van der Waals surface area (Å²) >= 11 is 0. The summed E-state index contributed by atoms with van der Waals surface area (Å²) in [5.41, 5.74) is 4.61.